The number of thioether (sulfide) groups is 1. The second kappa shape index (κ2) is 41.8. The molecule has 14 amide bonds. The highest BCUT2D eigenvalue weighted by molar-refractivity contribution is 7.98. The first-order valence-corrected chi connectivity index (χ1v) is 33.5. The van der Waals surface area contributed by atoms with Crippen LogP contribution < -0.4 is 69.5 Å². The number of nitrogens with one attached hydrogen (secondary N) is 12. The van der Waals surface area contributed by atoms with Gasteiger partial charge >= 0.3 is 5.97 Å². The molecule has 2 aromatic rings. The molecule has 32 nitrogen and oxygen atoms in total. The lowest BCUT2D eigenvalue weighted by atomic mass is 9.96. The molecule has 11 atom stereocenters. The van der Waals surface area contributed by atoms with E-state index in [4.69, 9.17) is 5.73 Å². The quantitative estimate of drug-likeness (QED) is 0.0318. The fraction of sp³-hybridized carbons (Fsp3) is 0.492. The normalized spacial score (nSPS) is 16.9. The number of carbonyl (C=O) groups is 15. The van der Waals surface area contributed by atoms with Gasteiger partial charge in [-0.15, -0.1) is 0 Å². The van der Waals surface area contributed by atoms with Crippen LogP contribution in [-0.2, 0) is 84.8 Å². The lowest BCUT2D eigenvalue weighted by Crippen LogP contribution is -2.62. The first-order chi connectivity index (χ1) is 46.6. The highest BCUT2D eigenvalue weighted by Gasteiger charge is 2.43. The van der Waals surface area contributed by atoms with Crippen molar-refractivity contribution < 1.29 is 82.1 Å². The Hall–Kier alpha value is -9.24. The number of rotatable bonds is 40. The number of carbonyl (C=O) groups excluding carboxylic acids is 14. The minimum Gasteiger partial charge on any atom is -0.480 e. The molecular weight excluding hydrogens is 1290 g/mol. The van der Waals surface area contributed by atoms with E-state index in [9.17, 15) is 82.1 Å². The molecule has 0 unspecified atom stereocenters. The molecule has 2 aliphatic rings. The summed E-state index contributed by atoms with van der Waals surface area (Å²) in [6.45, 7) is 14.1. The molecule has 2 saturated heterocycles. The van der Waals surface area contributed by atoms with E-state index in [1.807, 2.05) is 30.3 Å². The Kier molecular flexibility index (Phi) is 34.6. The average molecular weight is 1390 g/mol. The summed E-state index contributed by atoms with van der Waals surface area (Å²) in [4.78, 5) is 199. The van der Waals surface area contributed by atoms with Gasteiger partial charge in [0.15, 0.2) is 0 Å². The molecule has 0 spiro atoms. The molecule has 33 heteroatoms. The van der Waals surface area contributed by atoms with Crippen molar-refractivity contribution in [1.82, 2.24) is 73.6 Å². The Bertz CT molecular complexity index is 3090. The number of benzene rings is 2. The number of likely N-dealkylation sites (tertiary alicyclic amines) is 2. The maximum absolute atomic E-state index is 14.4. The second-order valence-corrected chi connectivity index (χ2v) is 24.8. The van der Waals surface area contributed by atoms with Gasteiger partial charge in [0.05, 0.1) is 12.1 Å². The van der Waals surface area contributed by atoms with Gasteiger partial charge in [0, 0.05) is 19.5 Å². The van der Waals surface area contributed by atoms with Gasteiger partial charge in [0.1, 0.15) is 87.6 Å². The zero-order valence-electron chi connectivity index (χ0n) is 55.8. The predicted molar refractivity (Wildman–Crippen MR) is 355 cm³/mol. The molecule has 2 fully saturated rings. The maximum atomic E-state index is 14.4. The third-order valence-corrected chi connectivity index (χ3v) is 16.4. The average Bonchev–Trinajstić information content (AvgIpc) is 1.59. The van der Waals surface area contributed by atoms with Gasteiger partial charge in [-0.1, -0.05) is 102 Å². The van der Waals surface area contributed by atoms with E-state index in [2.05, 4.69) is 63.8 Å². The highest BCUT2D eigenvalue weighted by Crippen LogP contribution is 2.24. The zero-order chi connectivity index (χ0) is 72.6. The van der Waals surface area contributed by atoms with Gasteiger partial charge in [-0.25, -0.2) is 4.79 Å². The van der Waals surface area contributed by atoms with E-state index in [-0.39, 0.29) is 64.0 Å². The van der Waals surface area contributed by atoms with Crippen LogP contribution in [-0.4, -0.2) is 194 Å². The highest BCUT2D eigenvalue weighted by atomic mass is 32.2. The van der Waals surface area contributed by atoms with Gasteiger partial charge in [0.2, 0.25) is 82.7 Å². The van der Waals surface area contributed by atoms with Crippen LogP contribution in [0.1, 0.15) is 104 Å². The molecular formula is C65H91N15O17S. The Labute approximate surface area is 573 Å². The number of carboxylic acid groups (broad SMARTS) is 1. The van der Waals surface area contributed by atoms with Gasteiger partial charge in [-0.2, -0.15) is 11.8 Å². The van der Waals surface area contributed by atoms with Crippen LogP contribution >= 0.6 is 11.8 Å². The van der Waals surface area contributed by atoms with E-state index in [0.717, 1.165) is 5.56 Å². The Morgan fingerprint density at radius 1 is 0.510 bits per heavy atom. The minimum atomic E-state index is -1.55. The summed E-state index contributed by atoms with van der Waals surface area (Å²) in [6, 6.07) is 6.73. The number of carboxylic acids is 1. The van der Waals surface area contributed by atoms with Crippen molar-refractivity contribution in [1.29, 1.82) is 0 Å². The molecule has 98 heavy (non-hydrogen) atoms. The second-order valence-electron chi connectivity index (χ2n) is 23.8. The van der Waals surface area contributed by atoms with Gasteiger partial charge < -0.3 is 89.5 Å². The van der Waals surface area contributed by atoms with Crippen molar-refractivity contribution >= 4 is 100 Å². The minimum absolute atomic E-state index is 0.0152. The fourth-order valence-corrected chi connectivity index (χ4v) is 10.8. The Morgan fingerprint density at radius 2 is 0.959 bits per heavy atom. The van der Waals surface area contributed by atoms with E-state index in [1.165, 1.54) is 28.5 Å². The summed E-state index contributed by atoms with van der Waals surface area (Å²) >= 11 is 1.38. The van der Waals surface area contributed by atoms with E-state index in [1.54, 1.807) is 71.2 Å². The van der Waals surface area contributed by atoms with E-state index >= 15 is 0 Å². The van der Waals surface area contributed by atoms with Crippen molar-refractivity contribution in [2.75, 3.05) is 25.1 Å². The number of aliphatic hydroxyl groups is 1. The first kappa shape index (κ1) is 81.2. The fourth-order valence-electron chi connectivity index (χ4n) is 10.3. The number of nitrogens with two attached hydrogens (primary N) is 1. The smallest absolute Gasteiger partial charge is 0.326 e. The molecule has 4 rings (SSSR count). The van der Waals surface area contributed by atoms with Crippen LogP contribution in [0.5, 0.6) is 0 Å². The van der Waals surface area contributed by atoms with Crippen LogP contribution in [0.15, 0.2) is 60.7 Å². The number of aliphatic carboxylic acids is 1. The molecule has 2 aromatic carbocycles. The standard InChI is InChI=1S/C65H91N15O17S/c1-8-38(5)55(77-62(93)56(39(6)81)78-61(92)48-23-16-25-79(48)63(94)42(66)29-40-18-12-10-13-19-40)64(95)80-26-17-22-47(80)60(91)75-43(9-2)57(88)71-33-51(84)67-32-50(83)70-36-54(87)74-45(30-41-20-14-11-15-21-41)58(89)72-34-52(85)68-31-49(82)69-35-53(86)73-44(24-27-98-7)59(90)76-46(65(96)97)28-37(3)4/h10-15,18-21,31-39,42-48,55-56,81H,8-9,16-17,22-30,66H2,1-7H3,(H,67,84)(H,68,85)(H,69,82)(H,70,83)(H,71,88)(H,72,89)(H,73,86)(H,74,87)(H,75,91)(H,76,90)(H,77,93)(H,78,92)(H,96,97)/t38-,39+,42-,43-,44-,45-,46-,47-,48-,55-,56-/m0/s1. The number of nitrogens with zero attached hydrogens (tertiary/aromatic N) is 2. The Balaban J connectivity index is 1.22. The van der Waals surface area contributed by atoms with E-state index in [0.29, 0.717) is 69.8 Å². The van der Waals surface area contributed by atoms with Gasteiger partial charge in [-0.05, 0) is 93.3 Å². The monoisotopic (exact) mass is 1390 g/mol. The van der Waals surface area contributed by atoms with Crippen LogP contribution in [0.2, 0.25) is 0 Å². The lowest BCUT2D eigenvalue weighted by Gasteiger charge is -2.33. The van der Waals surface area contributed by atoms with Crippen LogP contribution in [0.25, 0.3) is 0 Å². The van der Waals surface area contributed by atoms with Crippen molar-refractivity contribution in [3.63, 3.8) is 0 Å². The predicted octanol–water partition coefficient (Wildman–Crippen LogP) is -2.92. The van der Waals surface area contributed by atoms with Crippen LogP contribution in [0.4, 0.5) is 0 Å². The van der Waals surface area contributed by atoms with Crippen molar-refractivity contribution in [2.24, 2.45) is 17.6 Å². The molecule has 0 aromatic heterocycles. The first-order valence-electron chi connectivity index (χ1n) is 32.1. The van der Waals surface area contributed by atoms with Crippen molar-refractivity contribution in [3.05, 3.63) is 111 Å². The molecule has 16 N–H and O–H groups in total. The molecule has 0 bridgehead atoms. The van der Waals surface area contributed by atoms with E-state index < -0.39 is 155 Å². The molecule has 6 radical (unpaired) electrons. The molecule has 0 aliphatic carbocycles. The number of amides is 14. The Morgan fingerprint density at radius 3 is 1.42 bits per heavy atom. The molecule has 534 valence electrons. The number of hydrogen-bond acceptors (Lipinski definition) is 18. The number of hydrogen-bond donors (Lipinski definition) is 15. The van der Waals surface area contributed by atoms with Crippen molar-refractivity contribution in [2.45, 2.75) is 166 Å². The molecule has 2 aliphatic heterocycles. The summed E-state index contributed by atoms with van der Waals surface area (Å²) in [5.41, 5.74) is 7.69. The third kappa shape index (κ3) is 27.3. The topological polar surface area (TPSA) is 473 Å². The van der Waals surface area contributed by atoms with Crippen LogP contribution in [0.3, 0.4) is 0 Å². The van der Waals surface area contributed by atoms with Crippen LogP contribution in [0, 0.1) is 51.1 Å². The van der Waals surface area contributed by atoms with Gasteiger partial charge in [0.25, 0.3) is 0 Å². The SMILES string of the molecule is CC[C@H](NC(=O)[C@@H]1CCCN1C(=O)[C@@H](NC(=O)[C@@H](NC(=O)[C@@H]1CCCN1C(=O)[C@@H](N)Cc1ccccc1)[C@@H](C)O)[C@@H](C)CC)C(=O)N[CH]C(=O)N[CH]C(=O)N[CH]C(=O)N[C@@H](Cc1ccccc1)C(=O)N[CH]C(=O)N[CH]C(=O)N[CH]C(=O)N[C@@H](CCSC)C(=O)N[C@@H](CC(C)C)C(=O)O. The van der Waals surface area contributed by atoms with Crippen molar-refractivity contribution in [3.8, 4) is 0 Å². The summed E-state index contributed by atoms with van der Waals surface area (Å²) in [5.74, 6) is -13.3. The molecule has 0 saturated carbocycles. The summed E-state index contributed by atoms with van der Waals surface area (Å²) in [6.07, 6.45) is 2.46. The largest absolute Gasteiger partial charge is 0.480 e. The van der Waals surface area contributed by atoms with Gasteiger partial charge in [-0.3, -0.25) is 67.1 Å². The zero-order valence-corrected chi connectivity index (χ0v) is 56.6. The third-order valence-electron chi connectivity index (χ3n) is 15.7. The lowest BCUT2D eigenvalue weighted by molar-refractivity contribution is -0.144. The summed E-state index contributed by atoms with van der Waals surface area (Å²) < 4.78 is 0. The number of aliphatic hydroxyl groups excluding tert-OH is 1. The maximum Gasteiger partial charge on any atom is 0.326 e. The summed E-state index contributed by atoms with van der Waals surface area (Å²) in [7, 11) is 0. The summed E-state index contributed by atoms with van der Waals surface area (Å²) in [5, 5.41) is 48.2. The molecule has 2 heterocycles.